The normalized spacial score (nSPS) is 32.2. The Morgan fingerprint density at radius 3 is 2.86 bits per heavy atom. The van der Waals surface area contributed by atoms with Crippen LogP contribution in [0, 0.1) is 5.41 Å². The fourth-order valence-corrected chi connectivity index (χ4v) is 5.18. The van der Waals surface area contributed by atoms with Crippen molar-refractivity contribution in [1.82, 2.24) is 14.5 Å². The molecule has 3 aliphatic rings. The van der Waals surface area contributed by atoms with Gasteiger partial charge in [0.1, 0.15) is 0 Å². The van der Waals surface area contributed by atoms with E-state index in [4.69, 9.17) is 4.74 Å². The van der Waals surface area contributed by atoms with Crippen LogP contribution in [0.5, 0.6) is 0 Å². The second kappa shape index (κ2) is 6.33. The zero-order chi connectivity index (χ0) is 15.6. The second-order valence-corrected chi connectivity index (χ2v) is 8.61. The minimum absolute atomic E-state index is 0.288. The van der Waals surface area contributed by atoms with Crippen LogP contribution in [0.15, 0.2) is 4.99 Å². The maximum absolute atomic E-state index is 11.8. The van der Waals surface area contributed by atoms with Crippen LogP contribution in [-0.2, 0) is 14.8 Å². The Balaban J connectivity index is 1.49. The van der Waals surface area contributed by atoms with E-state index >= 15 is 0 Å². The molecule has 1 spiro atoms. The molecule has 8 heteroatoms. The number of sulfonamides is 1. The molecule has 3 heterocycles. The summed E-state index contributed by atoms with van der Waals surface area (Å²) in [6.07, 6.45) is 3.02. The zero-order valence-electron chi connectivity index (χ0n) is 13.3. The summed E-state index contributed by atoms with van der Waals surface area (Å²) in [5, 5.41) is 3.31. The van der Waals surface area contributed by atoms with Crippen molar-refractivity contribution >= 4 is 16.0 Å². The molecular weight excluding hydrogens is 304 g/mol. The fraction of sp³-hybridized carbons (Fsp3) is 0.929. The first-order chi connectivity index (χ1) is 10.5. The van der Waals surface area contributed by atoms with Crippen LogP contribution in [-0.4, -0.2) is 82.3 Å². The Morgan fingerprint density at radius 1 is 1.36 bits per heavy atom. The van der Waals surface area contributed by atoms with Crippen molar-refractivity contribution in [3.8, 4) is 0 Å². The van der Waals surface area contributed by atoms with Gasteiger partial charge in [0.05, 0.1) is 12.4 Å². The summed E-state index contributed by atoms with van der Waals surface area (Å²) >= 11 is 0. The Hall–Kier alpha value is -0.860. The topological polar surface area (TPSA) is 74.2 Å². The summed E-state index contributed by atoms with van der Waals surface area (Å²) in [4.78, 5) is 6.62. The molecule has 0 amide bonds. The van der Waals surface area contributed by atoms with Crippen LogP contribution in [0.2, 0.25) is 0 Å². The molecule has 126 valence electrons. The van der Waals surface area contributed by atoms with Crippen LogP contribution < -0.4 is 5.32 Å². The maximum Gasteiger partial charge on any atom is 0.214 e. The van der Waals surface area contributed by atoms with Crippen molar-refractivity contribution in [2.75, 3.05) is 58.7 Å². The highest BCUT2D eigenvalue weighted by Gasteiger charge is 2.42. The lowest BCUT2D eigenvalue weighted by Crippen LogP contribution is -2.44. The van der Waals surface area contributed by atoms with E-state index in [-0.39, 0.29) is 5.75 Å². The van der Waals surface area contributed by atoms with Gasteiger partial charge in [-0.1, -0.05) is 0 Å². The molecule has 3 rings (SSSR count). The average molecular weight is 330 g/mol. The summed E-state index contributed by atoms with van der Waals surface area (Å²) in [5.41, 5.74) is 0.301. The van der Waals surface area contributed by atoms with Gasteiger partial charge in [0.2, 0.25) is 10.0 Å². The lowest BCUT2D eigenvalue weighted by atomic mass is 9.87. The van der Waals surface area contributed by atoms with Crippen molar-refractivity contribution in [2.24, 2.45) is 10.4 Å². The summed E-state index contributed by atoms with van der Waals surface area (Å²) in [5.74, 6) is 1.16. The number of hydrogen-bond acceptors (Lipinski definition) is 4. The van der Waals surface area contributed by atoms with Crippen LogP contribution in [0.3, 0.4) is 0 Å². The van der Waals surface area contributed by atoms with Crippen molar-refractivity contribution in [3.63, 3.8) is 0 Å². The highest BCUT2D eigenvalue weighted by molar-refractivity contribution is 7.89. The first-order valence-electron chi connectivity index (χ1n) is 8.06. The molecule has 3 saturated heterocycles. The van der Waals surface area contributed by atoms with E-state index in [1.165, 1.54) is 0 Å². The molecule has 0 radical (unpaired) electrons. The van der Waals surface area contributed by atoms with E-state index in [0.29, 0.717) is 25.0 Å². The molecule has 0 aliphatic carbocycles. The Morgan fingerprint density at radius 2 is 2.23 bits per heavy atom. The zero-order valence-corrected chi connectivity index (χ0v) is 14.1. The molecule has 7 nitrogen and oxygen atoms in total. The van der Waals surface area contributed by atoms with Gasteiger partial charge in [0.25, 0.3) is 0 Å². The smallest absolute Gasteiger partial charge is 0.214 e. The largest absolute Gasteiger partial charge is 0.381 e. The predicted octanol–water partition coefficient (Wildman–Crippen LogP) is -0.290. The molecule has 1 atom stereocenters. The van der Waals surface area contributed by atoms with Crippen molar-refractivity contribution in [2.45, 2.75) is 19.3 Å². The van der Waals surface area contributed by atoms with Gasteiger partial charge in [-0.2, -0.15) is 0 Å². The second-order valence-electron chi connectivity index (χ2n) is 6.52. The van der Waals surface area contributed by atoms with E-state index in [1.54, 1.807) is 11.4 Å². The predicted molar refractivity (Wildman–Crippen MR) is 85.4 cm³/mol. The SMILES string of the molecule is CN=C(NCCN1CCCS1(=O)=O)N1CCC2(CCOC2)C1. The van der Waals surface area contributed by atoms with E-state index in [9.17, 15) is 8.42 Å². The number of likely N-dealkylation sites (tertiary alicyclic amines) is 1. The number of hydrogen-bond donors (Lipinski definition) is 1. The van der Waals surface area contributed by atoms with E-state index in [1.807, 2.05) is 0 Å². The summed E-state index contributed by atoms with van der Waals surface area (Å²) in [7, 11) is -1.22. The van der Waals surface area contributed by atoms with Crippen LogP contribution in [0.1, 0.15) is 19.3 Å². The lowest BCUT2D eigenvalue weighted by Gasteiger charge is -2.25. The summed E-state index contributed by atoms with van der Waals surface area (Å²) in [6.45, 7) is 5.46. The van der Waals surface area contributed by atoms with Crippen LogP contribution >= 0.6 is 0 Å². The summed E-state index contributed by atoms with van der Waals surface area (Å²) < 4.78 is 30.7. The number of nitrogens with zero attached hydrogens (tertiary/aromatic N) is 3. The third kappa shape index (κ3) is 3.23. The molecule has 3 aliphatic heterocycles. The number of aliphatic imine (C=N–C) groups is 1. The first-order valence-corrected chi connectivity index (χ1v) is 9.67. The molecule has 0 aromatic rings. The monoisotopic (exact) mass is 330 g/mol. The van der Waals surface area contributed by atoms with Gasteiger partial charge >= 0.3 is 0 Å². The third-order valence-corrected chi connectivity index (χ3v) is 6.94. The minimum Gasteiger partial charge on any atom is -0.381 e. The van der Waals surface area contributed by atoms with Crippen molar-refractivity contribution in [1.29, 1.82) is 0 Å². The van der Waals surface area contributed by atoms with E-state index in [0.717, 1.165) is 51.5 Å². The molecule has 1 N–H and O–H groups in total. The van der Waals surface area contributed by atoms with Crippen molar-refractivity contribution in [3.05, 3.63) is 0 Å². The number of rotatable bonds is 3. The third-order valence-electron chi connectivity index (χ3n) is 4.98. The fourth-order valence-electron chi connectivity index (χ4n) is 3.65. The molecule has 0 aromatic carbocycles. The minimum atomic E-state index is -3.01. The highest BCUT2D eigenvalue weighted by Crippen LogP contribution is 2.38. The standard InChI is InChI=1S/C14H26N4O3S/c1-15-13(16-5-8-18-6-2-10-22(18,19)20)17-7-3-14(11-17)4-9-21-12-14/h2-12H2,1H3,(H,15,16). The summed E-state index contributed by atoms with van der Waals surface area (Å²) in [6, 6.07) is 0. The van der Waals surface area contributed by atoms with E-state index < -0.39 is 10.0 Å². The Bertz CT molecular complexity index is 528. The van der Waals surface area contributed by atoms with Gasteiger partial charge in [0.15, 0.2) is 5.96 Å². The number of nitrogens with one attached hydrogen (secondary N) is 1. The van der Waals surface area contributed by atoms with Gasteiger partial charge in [0, 0.05) is 51.8 Å². The Kier molecular flexibility index (Phi) is 4.61. The quantitative estimate of drug-likeness (QED) is 0.569. The first kappa shape index (κ1) is 16.0. The number of guanidine groups is 1. The molecule has 22 heavy (non-hydrogen) atoms. The molecule has 0 aromatic heterocycles. The van der Waals surface area contributed by atoms with Gasteiger partial charge < -0.3 is 15.0 Å². The average Bonchev–Trinajstić information content (AvgIpc) is 3.19. The highest BCUT2D eigenvalue weighted by atomic mass is 32.2. The van der Waals surface area contributed by atoms with E-state index in [2.05, 4.69) is 15.2 Å². The van der Waals surface area contributed by atoms with Gasteiger partial charge in [-0.25, -0.2) is 12.7 Å². The van der Waals surface area contributed by atoms with Gasteiger partial charge in [-0.05, 0) is 19.3 Å². The van der Waals surface area contributed by atoms with Crippen molar-refractivity contribution < 1.29 is 13.2 Å². The maximum atomic E-state index is 11.8. The molecule has 0 bridgehead atoms. The number of ether oxygens (including phenoxy) is 1. The molecule has 0 saturated carbocycles. The van der Waals surface area contributed by atoms with Crippen LogP contribution in [0.4, 0.5) is 0 Å². The van der Waals surface area contributed by atoms with Crippen LogP contribution in [0.25, 0.3) is 0 Å². The Labute approximate surface area is 132 Å². The van der Waals surface area contributed by atoms with Gasteiger partial charge in [-0.3, -0.25) is 4.99 Å². The molecule has 3 fully saturated rings. The lowest BCUT2D eigenvalue weighted by molar-refractivity contribution is 0.156. The van der Waals surface area contributed by atoms with Gasteiger partial charge in [-0.15, -0.1) is 0 Å². The molecular formula is C14H26N4O3S. The molecule has 1 unspecified atom stereocenters.